The molecule has 3 rings (SSSR count). The van der Waals surface area contributed by atoms with Crippen LogP contribution < -0.4 is 19.5 Å². The highest BCUT2D eigenvalue weighted by Gasteiger charge is 2.19. The van der Waals surface area contributed by atoms with Gasteiger partial charge in [-0.1, -0.05) is 6.07 Å². The van der Waals surface area contributed by atoms with Crippen LogP contribution in [0.5, 0.6) is 11.5 Å². The molecule has 0 aromatic heterocycles. The van der Waals surface area contributed by atoms with Gasteiger partial charge in [0.05, 0.1) is 20.0 Å². The van der Waals surface area contributed by atoms with E-state index in [0.29, 0.717) is 18.3 Å². The maximum Gasteiger partial charge on any atom is 0.229 e. The van der Waals surface area contributed by atoms with Crippen LogP contribution in [0.4, 0.5) is 11.4 Å². The molecule has 30 heavy (non-hydrogen) atoms. The van der Waals surface area contributed by atoms with Crippen molar-refractivity contribution >= 4 is 21.4 Å². The van der Waals surface area contributed by atoms with E-state index in [1.54, 1.807) is 19.2 Å². The maximum atomic E-state index is 11.3. The van der Waals surface area contributed by atoms with Gasteiger partial charge in [-0.05, 0) is 61.7 Å². The van der Waals surface area contributed by atoms with Crippen LogP contribution in [0.2, 0.25) is 0 Å². The van der Waals surface area contributed by atoms with Crippen molar-refractivity contribution in [3.05, 3.63) is 48.0 Å². The van der Waals surface area contributed by atoms with Crippen molar-refractivity contribution < 1.29 is 17.9 Å². The molecule has 2 N–H and O–H groups in total. The summed E-state index contributed by atoms with van der Waals surface area (Å²) in [5.74, 6) is 1.56. The average Bonchev–Trinajstić information content (AvgIpc) is 2.70. The Hall–Kier alpha value is -2.45. The van der Waals surface area contributed by atoms with Gasteiger partial charge in [0.1, 0.15) is 0 Å². The SMILES string of the molecule is CCOc1cc(CN2CCC(Nc3ccc(NS(C)(=O)=O)cc3)CC2)ccc1OC. The number of hydrogen-bond donors (Lipinski definition) is 2. The molecule has 0 unspecified atom stereocenters. The van der Waals surface area contributed by atoms with E-state index in [1.165, 1.54) is 5.56 Å². The normalized spacial score (nSPS) is 15.6. The van der Waals surface area contributed by atoms with Crippen molar-refractivity contribution in [2.75, 3.05) is 43.1 Å². The first-order chi connectivity index (χ1) is 14.4. The average molecular weight is 434 g/mol. The zero-order valence-electron chi connectivity index (χ0n) is 17.8. The predicted octanol–water partition coefficient (Wildman–Crippen LogP) is 3.54. The number of anilines is 2. The Morgan fingerprint density at radius 2 is 1.70 bits per heavy atom. The summed E-state index contributed by atoms with van der Waals surface area (Å²) < 4.78 is 36.1. The van der Waals surface area contributed by atoms with Gasteiger partial charge >= 0.3 is 0 Å². The fraction of sp³-hybridized carbons (Fsp3) is 0.455. The second kappa shape index (κ2) is 10.0. The van der Waals surface area contributed by atoms with E-state index in [-0.39, 0.29) is 0 Å². The molecule has 0 amide bonds. The molecule has 1 fully saturated rings. The minimum Gasteiger partial charge on any atom is -0.493 e. The summed E-state index contributed by atoms with van der Waals surface area (Å²) in [6.45, 7) is 5.51. The molecule has 1 aliphatic rings. The first-order valence-corrected chi connectivity index (χ1v) is 12.1. The van der Waals surface area contributed by atoms with Crippen molar-refractivity contribution in [2.45, 2.75) is 32.4 Å². The fourth-order valence-corrected chi connectivity index (χ4v) is 4.23. The van der Waals surface area contributed by atoms with Crippen LogP contribution in [-0.4, -0.2) is 52.4 Å². The van der Waals surface area contributed by atoms with Gasteiger partial charge in [0.25, 0.3) is 0 Å². The first-order valence-electron chi connectivity index (χ1n) is 10.2. The van der Waals surface area contributed by atoms with Gasteiger partial charge in [0.2, 0.25) is 10.0 Å². The number of nitrogens with zero attached hydrogens (tertiary/aromatic N) is 1. The number of rotatable bonds is 9. The summed E-state index contributed by atoms with van der Waals surface area (Å²) in [5.41, 5.74) is 2.80. The number of piperidine rings is 1. The lowest BCUT2D eigenvalue weighted by molar-refractivity contribution is 0.211. The van der Waals surface area contributed by atoms with Gasteiger partial charge in [-0.2, -0.15) is 0 Å². The molecule has 7 nitrogen and oxygen atoms in total. The van der Waals surface area contributed by atoms with E-state index in [0.717, 1.165) is 55.9 Å². The molecular formula is C22H31N3O4S. The Labute approximate surface area is 179 Å². The third-order valence-corrected chi connectivity index (χ3v) is 5.69. The quantitative estimate of drug-likeness (QED) is 0.630. The number of benzene rings is 2. The molecule has 1 heterocycles. The highest BCUT2D eigenvalue weighted by atomic mass is 32.2. The van der Waals surface area contributed by atoms with Gasteiger partial charge in [-0.15, -0.1) is 0 Å². The molecule has 2 aromatic rings. The lowest BCUT2D eigenvalue weighted by Gasteiger charge is -2.33. The number of hydrogen-bond acceptors (Lipinski definition) is 6. The second-order valence-corrected chi connectivity index (χ2v) is 9.31. The molecule has 2 aromatic carbocycles. The summed E-state index contributed by atoms with van der Waals surface area (Å²) in [6.07, 6.45) is 3.26. The van der Waals surface area contributed by atoms with E-state index in [9.17, 15) is 8.42 Å². The molecular weight excluding hydrogens is 402 g/mol. The Balaban J connectivity index is 1.50. The Morgan fingerprint density at radius 1 is 1.03 bits per heavy atom. The molecule has 0 bridgehead atoms. The standard InChI is InChI=1S/C22H31N3O4S/c1-4-29-22-15-17(5-10-21(22)28-2)16-25-13-11-19(12-14-25)23-18-6-8-20(9-7-18)24-30(3,26)27/h5-10,15,19,23-24H,4,11-14,16H2,1-3H3. The van der Waals surface area contributed by atoms with Crippen LogP contribution in [0.25, 0.3) is 0 Å². The topological polar surface area (TPSA) is 79.9 Å². The molecule has 1 aliphatic heterocycles. The molecule has 0 aliphatic carbocycles. The van der Waals surface area contributed by atoms with Crippen LogP contribution >= 0.6 is 0 Å². The molecule has 164 valence electrons. The van der Waals surface area contributed by atoms with Crippen molar-refractivity contribution in [1.82, 2.24) is 4.90 Å². The van der Waals surface area contributed by atoms with Crippen LogP contribution in [-0.2, 0) is 16.6 Å². The summed E-state index contributed by atoms with van der Waals surface area (Å²) in [5, 5.41) is 3.56. The third kappa shape index (κ3) is 6.53. The minimum absolute atomic E-state index is 0.407. The van der Waals surface area contributed by atoms with E-state index >= 15 is 0 Å². The van der Waals surface area contributed by atoms with E-state index in [4.69, 9.17) is 9.47 Å². The van der Waals surface area contributed by atoms with E-state index in [2.05, 4.69) is 27.1 Å². The molecule has 0 saturated carbocycles. The van der Waals surface area contributed by atoms with Gasteiger partial charge < -0.3 is 14.8 Å². The molecule has 0 atom stereocenters. The summed E-state index contributed by atoms with van der Waals surface area (Å²) in [7, 11) is -1.59. The van der Waals surface area contributed by atoms with E-state index < -0.39 is 10.0 Å². The van der Waals surface area contributed by atoms with Crippen molar-refractivity contribution in [2.24, 2.45) is 0 Å². The number of ether oxygens (including phenoxy) is 2. The monoisotopic (exact) mass is 433 g/mol. The minimum atomic E-state index is -3.25. The van der Waals surface area contributed by atoms with Crippen molar-refractivity contribution in [1.29, 1.82) is 0 Å². The van der Waals surface area contributed by atoms with Crippen LogP contribution in [0.1, 0.15) is 25.3 Å². The van der Waals surface area contributed by atoms with E-state index in [1.807, 2.05) is 25.1 Å². The van der Waals surface area contributed by atoms with Crippen LogP contribution in [0.15, 0.2) is 42.5 Å². The lowest BCUT2D eigenvalue weighted by Crippen LogP contribution is -2.38. The van der Waals surface area contributed by atoms with Crippen molar-refractivity contribution in [3.8, 4) is 11.5 Å². The smallest absolute Gasteiger partial charge is 0.229 e. The van der Waals surface area contributed by atoms with Crippen LogP contribution in [0.3, 0.4) is 0 Å². The number of nitrogens with one attached hydrogen (secondary N) is 2. The predicted molar refractivity (Wildman–Crippen MR) is 121 cm³/mol. The summed E-state index contributed by atoms with van der Waals surface area (Å²) >= 11 is 0. The van der Waals surface area contributed by atoms with Crippen LogP contribution in [0, 0.1) is 0 Å². The largest absolute Gasteiger partial charge is 0.493 e. The summed E-state index contributed by atoms with van der Waals surface area (Å²) in [6, 6.07) is 13.9. The molecule has 8 heteroatoms. The highest BCUT2D eigenvalue weighted by Crippen LogP contribution is 2.29. The second-order valence-electron chi connectivity index (χ2n) is 7.56. The molecule has 0 spiro atoms. The van der Waals surface area contributed by atoms with Gasteiger partial charge in [-0.25, -0.2) is 8.42 Å². The maximum absolute atomic E-state index is 11.3. The Morgan fingerprint density at radius 3 is 2.30 bits per heavy atom. The number of methoxy groups -OCH3 is 1. The van der Waals surface area contributed by atoms with Gasteiger partial charge in [0.15, 0.2) is 11.5 Å². The first kappa shape index (κ1) is 22.2. The molecule has 0 radical (unpaired) electrons. The third-order valence-electron chi connectivity index (χ3n) is 5.08. The van der Waals surface area contributed by atoms with Gasteiger partial charge in [-0.3, -0.25) is 9.62 Å². The van der Waals surface area contributed by atoms with Crippen molar-refractivity contribution in [3.63, 3.8) is 0 Å². The highest BCUT2D eigenvalue weighted by molar-refractivity contribution is 7.92. The lowest BCUT2D eigenvalue weighted by atomic mass is 10.0. The van der Waals surface area contributed by atoms with Gasteiger partial charge in [0, 0.05) is 37.1 Å². The zero-order chi connectivity index (χ0) is 21.6. The fourth-order valence-electron chi connectivity index (χ4n) is 3.67. The summed E-state index contributed by atoms with van der Waals surface area (Å²) in [4.78, 5) is 2.45. The Kier molecular flexibility index (Phi) is 7.44. The number of likely N-dealkylation sites (tertiary alicyclic amines) is 1. The molecule has 1 saturated heterocycles. The number of sulfonamides is 1. The zero-order valence-corrected chi connectivity index (χ0v) is 18.7. The Bertz CT molecular complexity index is 924.